The van der Waals surface area contributed by atoms with Crippen molar-refractivity contribution in [2.75, 3.05) is 12.8 Å². The molecule has 2 aromatic heterocycles. The van der Waals surface area contributed by atoms with Crippen LogP contribution in [0.1, 0.15) is 23.8 Å². The molecule has 2 N–H and O–H groups in total. The zero-order valence-corrected chi connectivity index (χ0v) is 12.0. The molecule has 0 saturated carbocycles. The molecular formula is C13H14N2OS2. The lowest BCUT2D eigenvalue weighted by Crippen LogP contribution is -1.93. The summed E-state index contributed by atoms with van der Waals surface area (Å²) in [4.78, 5) is 2.75. The van der Waals surface area contributed by atoms with E-state index in [-0.39, 0.29) is 0 Å². The SMILES string of the molecule is CCCc1c(-c2sccc2OC)sc(C#N)c1N. The van der Waals surface area contributed by atoms with Gasteiger partial charge in [-0.25, -0.2) is 0 Å². The van der Waals surface area contributed by atoms with E-state index in [2.05, 4.69) is 13.0 Å². The van der Waals surface area contributed by atoms with Gasteiger partial charge < -0.3 is 10.5 Å². The molecule has 0 radical (unpaired) electrons. The maximum atomic E-state index is 9.10. The third-order valence-electron chi connectivity index (χ3n) is 2.70. The third kappa shape index (κ3) is 2.09. The molecule has 3 nitrogen and oxygen atoms in total. The lowest BCUT2D eigenvalue weighted by molar-refractivity contribution is 0.418. The maximum Gasteiger partial charge on any atom is 0.138 e. The van der Waals surface area contributed by atoms with Crippen LogP contribution in [0.3, 0.4) is 0 Å². The summed E-state index contributed by atoms with van der Waals surface area (Å²) in [7, 11) is 1.66. The molecule has 5 heteroatoms. The second-order valence-electron chi connectivity index (χ2n) is 3.83. The zero-order valence-electron chi connectivity index (χ0n) is 10.3. The Balaban J connectivity index is 2.60. The molecule has 0 aromatic carbocycles. The summed E-state index contributed by atoms with van der Waals surface area (Å²) in [5.74, 6) is 0.850. The summed E-state index contributed by atoms with van der Waals surface area (Å²) < 4.78 is 5.35. The fourth-order valence-corrected chi connectivity index (χ4v) is 3.97. The van der Waals surface area contributed by atoms with Gasteiger partial charge in [0.1, 0.15) is 16.7 Å². The standard InChI is InChI=1S/C13H14N2OS2/c1-3-4-8-11(15)10(7-14)18-12(8)13-9(16-2)5-6-17-13/h5-6H,3-4,15H2,1-2H3. The molecule has 94 valence electrons. The molecule has 0 fully saturated rings. The summed E-state index contributed by atoms with van der Waals surface area (Å²) in [6.07, 6.45) is 1.90. The number of hydrogen-bond acceptors (Lipinski definition) is 5. The van der Waals surface area contributed by atoms with Crippen LogP contribution in [0.5, 0.6) is 5.75 Å². The number of hydrogen-bond donors (Lipinski definition) is 1. The van der Waals surface area contributed by atoms with Crippen molar-refractivity contribution in [1.29, 1.82) is 5.26 Å². The molecule has 0 bridgehead atoms. The first-order chi connectivity index (χ1) is 8.72. The van der Waals surface area contributed by atoms with E-state index in [0.29, 0.717) is 10.6 Å². The predicted molar refractivity (Wildman–Crippen MR) is 77.3 cm³/mol. The molecule has 0 spiro atoms. The number of nitrogens with two attached hydrogens (primary N) is 1. The quantitative estimate of drug-likeness (QED) is 0.923. The van der Waals surface area contributed by atoms with E-state index < -0.39 is 0 Å². The van der Waals surface area contributed by atoms with Crippen LogP contribution in [0.2, 0.25) is 0 Å². The molecule has 0 aliphatic heterocycles. The minimum absolute atomic E-state index is 0.601. The molecule has 18 heavy (non-hydrogen) atoms. The predicted octanol–water partition coefficient (Wildman–Crippen LogP) is 3.89. The monoisotopic (exact) mass is 278 g/mol. The second kappa shape index (κ2) is 5.42. The van der Waals surface area contributed by atoms with Gasteiger partial charge in [-0.15, -0.1) is 22.7 Å². The molecule has 0 aliphatic rings. The summed E-state index contributed by atoms with van der Waals surface area (Å²) in [5, 5.41) is 11.1. The van der Waals surface area contributed by atoms with Crippen LogP contribution < -0.4 is 10.5 Å². The Hall–Kier alpha value is -1.51. The number of nitrogens with zero attached hydrogens (tertiary/aromatic N) is 1. The zero-order chi connectivity index (χ0) is 13.1. The number of rotatable bonds is 4. The van der Waals surface area contributed by atoms with Crippen molar-refractivity contribution >= 4 is 28.4 Å². The van der Waals surface area contributed by atoms with Crippen LogP contribution in [-0.4, -0.2) is 7.11 Å². The van der Waals surface area contributed by atoms with Crippen LogP contribution in [0.4, 0.5) is 5.69 Å². The van der Waals surface area contributed by atoms with Gasteiger partial charge in [-0.05, 0) is 23.4 Å². The Bertz CT molecular complexity index is 593. The molecule has 0 unspecified atom stereocenters. The minimum Gasteiger partial charge on any atom is -0.495 e. The number of ether oxygens (including phenoxy) is 1. The number of methoxy groups -OCH3 is 1. The highest BCUT2D eigenvalue weighted by Gasteiger charge is 2.19. The minimum atomic E-state index is 0.601. The Kier molecular flexibility index (Phi) is 3.90. The number of anilines is 1. The van der Waals surface area contributed by atoms with Crippen LogP contribution >= 0.6 is 22.7 Å². The van der Waals surface area contributed by atoms with Crippen LogP contribution in [-0.2, 0) is 6.42 Å². The molecule has 0 aliphatic carbocycles. The van der Waals surface area contributed by atoms with Gasteiger partial charge in [0.15, 0.2) is 0 Å². The summed E-state index contributed by atoms with van der Waals surface area (Å²) in [6, 6.07) is 4.11. The first-order valence-corrected chi connectivity index (χ1v) is 7.35. The summed E-state index contributed by atoms with van der Waals surface area (Å²) >= 11 is 3.08. The van der Waals surface area contributed by atoms with Crippen molar-refractivity contribution in [2.24, 2.45) is 0 Å². The first-order valence-electron chi connectivity index (χ1n) is 5.66. The number of thiophene rings is 2. The van der Waals surface area contributed by atoms with E-state index in [1.807, 2.05) is 11.4 Å². The Morgan fingerprint density at radius 3 is 2.83 bits per heavy atom. The maximum absolute atomic E-state index is 9.10. The van der Waals surface area contributed by atoms with Crippen molar-refractivity contribution in [3.05, 3.63) is 21.9 Å². The van der Waals surface area contributed by atoms with Gasteiger partial charge in [-0.2, -0.15) is 5.26 Å². The lowest BCUT2D eigenvalue weighted by atomic mass is 10.1. The molecule has 2 heterocycles. The van der Waals surface area contributed by atoms with Crippen molar-refractivity contribution < 1.29 is 4.74 Å². The topological polar surface area (TPSA) is 59.0 Å². The van der Waals surface area contributed by atoms with Crippen molar-refractivity contribution in [1.82, 2.24) is 0 Å². The third-order valence-corrected chi connectivity index (χ3v) is 4.92. The summed E-state index contributed by atoms with van der Waals surface area (Å²) in [5.41, 5.74) is 7.77. The Morgan fingerprint density at radius 2 is 2.22 bits per heavy atom. The van der Waals surface area contributed by atoms with E-state index in [9.17, 15) is 0 Å². The van der Waals surface area contributed by atoms with Gasteiger partial charge in [-0.3, -0.25) is 0 Å². The van der Waals surface area contributed by atoms with Gasteiger partial charge in [0.25, 0.3) is 0 Å². The fourth-order valence-electron chi connectivity index (χ4n) is 1.87. The van der Waals surface area contributed by atoms with E-state index in [1.54, 1.807) is 18.4 Å². The number of nitriles is 1. The molecular weight excluding hydrogens is 264 g/mol. The van der Waals surface area contributed by atoms with Crippen molar-refractivity contribution in [3.63, 3.8) is 0 Å². The van der Waals surface area contributed by atoms with E-state index in [1.165, 1.54) is 11.3 Å². The molecule has 2 aromatic rings. The molecule has 0 amide bonds. The van der Waals surface area contributed by atoms with Gasteiger partial charge in [0.2, 0.25) is 0 Å². The fraction of sp³-hybridized carbons (Fsp3) is 0.308. The smallest absolute Gasteiger partial charge is 0.138 e. The highest BCUT2D eigenvalue weighted by Crippen LogP contribution is 2.45. The van der Waals surface area contributed by atoms with Crippen LogP contribution in [0.25, 0.3) is 9.75 Å². The average Bonchev–Trinajstić information content (AvgIpc) is 2.95. The average molecular weight is 278 g/mol. The van der Waals surface area contributed by atoms with E-state index >= 15 is 0 Å². The van der Waals surface area contributed by atoms with Gasteiger partial charge in [0, 0.05) is 0 Å². The van der Waals surface area contributed by atoms with Gasteiger partial charge >= 0.3 is 0 Å². The van der Waals surface area contributed by atoms with Crippen LogP contribution in [0, 0.1) is 11.3 Å². The number of nitrogen functional groups attached to an aromatic ring is 1. The molecule has 0 saturated heterocycles. The van der Waals surface area contributed by atoms with Crippen molar-refractivity contribution in [3.8, 4) is 21.6 Å². The normalized spacial score (nSPS) is 10.3. The van der Waals surface area contributed by atoms with Gasteiger partial charge in [-0.1, -0.05) is 13.3 Å². The summed E-state index contributed by atoms with van der Waals surface area (Å²) in [6.45, 7) is 2.11. The Morgan fingerprint density at radius 1 is 1.44 bits per heavy atom. The first kappa shape index (κ1) is 12.9. The van der Waals surface area contributed by atoms with E-state index in [4.69, 9.17) is 15.7 Å². The highest BCUT2D eigenvalue weighted by molar-refractivity contribution is 7.22. The van der Waals surface area contributed by atoms with E-state index in [0.717, 1.165) is 33.9 Å². The van der Waals surface area contributed by atoms with Crippen LogP contribution in [0.15, 0.2) is 11.4 Å². The van der Waals surface area contributed by atoms with Gasteiger partial charge in [0.05, 0.1) is 22.6 Å². The lowest BCUT2D eigenvalue weighted by Gasteiger charge is -2.04. The second-order valence-corrected chi connectivity index (χ2v) is 5.77. The highest BCUT2D eigenvalue weighted by atomic mass is 32.1. The molecule has 0 atom stereocenters. The Labute approximate surface area is 114 Å². The van der Waals surface area contributed by atoms with Crippen molar-refractivity contribution in [2.45, 2.75) is 19.8 Å². The largest absolute Gasteiger partial charge is 0.495 e. The molecule has 2 rings (SSSR count).